The Hall–Kier alpha value is -1.34. The fourth-order valence-electron chi connectivity index (χ4n) is 3.42. The van der Waals surface area contributed by atoms with Gasteiger partial charge in [-0.05, 0) is 38.5 Å². The van der Waals surface area contributed by atoms with Gasteiger partial charge in [0.05, 0.1) is 12.2 Å². The van der Waals surface area contributed by atoms with E-state index in [1.54, 1.807) is 11.3 Å². The van der Waals surface area contributed by atoms with Gasteiger partial charge in [0.1, 0.15) is 0 Å². The van der Waals surface area contributed by atoms with E-state index in [1.807, 2.05) is 19.0 Å². The van der Waals surface area contributed by atoms with E-state index in [4.69, 9.17) is 9.73 Å². The smallest absolute Gasteiger partial charge is 0.191 e. The lowest BCUT2D eigenvalue weighted by atomic mass is 9.83. The topological polar surface area (TPSA) is 61.8 Å². The lowest BCUT2D eigenvalue weighted by molar-refractivity contribution is 0.105. The Kier molecular flexibility index (Phi) is 8.65. The molecule has 0 atom stereocenters. The third kappa shape index (κ3) is 6.43. The predicted octanol–water partition coefficient (Wildman–Crippen LogP) is 3.25. The summed E-state index contributed by atoms with van der Waals surface area (Å²) in [5, 5.41) is 10.1. The van der Waals surface area contributed by atoms with Crippen LogP contribution in [0.2, 0.25) is 0 Å². The summed E-state index contributed by atoms with van der Waals surface area (Å²) in [5.74, 6) is 0.884. The minimum Gasteiger partial charge on any atom is -0.382 e. The number of aromatic nitrogens is 1. The molecule has 0 aliphatic heterocycles. The highest BCUT2D eigenvalue weighted by atomic mass is 32.1. The minimum atomic E-state index is 0.351. The molecule has 148 valence electrons. The summed E-state index contributed by atoms with van der Waals surface area (Å²) < 4.78 is 5.62. The Morgan fingerprint density at radius 2 is 2.08 bits per heavy atom. The van der Waals surface area contributed by atoms with Crippen LogP contribution < -0.4 is 15.5 Å². The van der Waals surface area contributed by atoms with Gasteiger partial charge in [0.2, 0.25) is 0 Å². The zero-order valence-corrected chi connectivity index (χ0v) is 17.6. The molecule has 0 saturated heterocycles. The van der Waals surface area contributed by atoms with Crippen molar-refractivity contribution in [3.05, 3.63) is 11.1 Å². The molecule has 1 aromatic heterocycles. The summed E-state index contributed by atoms with van der Waals surface area (Å²) in [7, 11) is 4.03. The quantitative estimate of drug-likeness (QED) is 0.370. The maximum atomic E-state index is 5.62. The van der Waals surface area contributed by atoms with Gasteiger partial charge in [0.25, 0.3) is 0 Å². The van der Waals surface area contributed by atoms with Gasteiger partial charge in [0, 0.05) is 45.8 Å². The molecule has 1 aliphatic carbocycles. The van der Waals surface area contributed by atoms with Crippen LogP contribution in [-0.4, -0.2) is 51.3 Å². The van der Waals surface area contributed by atoms with E-state index < -0.39 is 0 Å². The first-order valence-electron chi connectivity index (χ1n) is 9.80. The zero-order chi connectivity index (χ0) is 18.8. The van der Waals surface area contributed by atoms with Crippen LogP contribution in [0, 0.1) is 5.41 Å². The molecule has 0 amide bonds. The molecule has 0 bridgehead atoms. The molecule has 1 fully saturated rings. The summed E-state index contributed by atoms with van der Waals surface area (Å²) in [6, 6.07) is 0. The van der Waals surface area contributed by atoms with E-state index in [0.29, 0.717) is 12.0 Å². The molecule has 0 aromatic carbocycles. The highest BCUT2D eigenvalue weighted by Gasteiger charge is 2.33. The number of hydrogen-bond donors (Lipinski definition) is 2. The van der Waals surface area contributed by atoms with Crippen molar-refractivity contribution in [2.24, 2.45) is 10.4 Å². The lowest BCUT2D eigenvalue weighted by Crippen LogP contribution is -2.43. The van der Waals surface area contributed by atoms with Crippen LogP contribution in [0.5, 0.6) is 0 Å². The molecule has 26 heavy (non-hydrogen) atoms. The summed E-state index contributed by atoms with van der Waals surface area (Å²) >= 11 is 1.66. The Bertz CT molecular complexity index is 552. The summed E-state index contributed by atoms with van der Waals surface area (Å²) in [4.78, 5) is 11.4. The van der Waals surface area contributed by atoms with Gasteiger partial charge in [-0.2, -0.15) is 0 Å². The second-order valence-corrected chi connectivity index (χ2v) is 8.06. The van der Waals surface area contributed by atoms with E-state index in [2.05, 4.69) is 34.8 Å². The summed E-state index contributed by atoms with van der Waals surface area (Å²) in [6.07, 6.45) is 6.35. The standard InChI is InChI=1S/C19H35N5OS/c1-5-20-17(21-13-16-14-26-18(23-16)24(3)4)22-15-19(9-7-8-10-19)11-12-25-6-2/h14H,5-13,15H2,1-4H3,(H2,20,21,22). The monoisotopic (exact) mass is 381 g/mol. The van der Waals surface area contributed by atoms with Crippen molar-refractivity contribution in [2.45, 2.75) is 52.5 Å². The molecule has 1 heterocycles. The van der Waals surface area contributed by atoms with Gasteiger partial charge in [0.15, 0.2) is 11.1 Å². The first kappa shape index (κ1) is 21.0. The van der Waals surface area contributed by atoms with Gasteiger partial charge in [-0.3, -0.25) is 0 Å². The maximum absolute atomic E-state index is 5.62. The zero-order valence-electron chi connectivity index (χ0n) is 16.8. The normalized spacial score (nSPS) is 16.7. The highest BCUT2D eigenvalue weighted by Crippen LogP contribution is 2.40. The molecule has 6 nitrogen and oxygen atoms in total. The van der Waals surface area contributed by atoms with Gasteiger partial charge in [-0.25, -0.2) is 9.98 Å². The van der Waals surface area contributed by atoms with Crippen molar-refractivity contribution in [3.8, 4) is 0 Å². The van der Waals surface area contributed by atoms with Gasteiger partial charge in [-0.1, -0.05) is 12.8 Å². The van der Waals surface area contributed by atoms with E-state index in [9.17, 15) is 0 Å². The third-order valence-corrected chi connectivity index (χ3v) is 6.00. The van der Waals surface area contributed by atoms with Crippen LogP contribution in [0.25, 0.3) is 0 Å². The molecule has 0 unspecified atom stereocenters. The number of thiazole rings is 1. The van der Waals surface area contributed by atoms with Crippen molar-refractivity contribution in [1.82, 2.24) is 15.6 Å². The van der Waals surface area contributed by atoms with Crippen LogP contribution >= 0.6 is 11.3 Å². The van der Waals surface area contributed by atoms with E-state index in [1.165, 1.54) is 25.7 Å². The van der Waals surface area contributed by atoms with Crippen LogP contribution in [0.4, 0.5) is 5.13 Å². The average Bonchev–Trinajstić information content (AvgIpc) is 3.28. The van der Waals surface area contributed by atoms with Gasteiger partial charge < -0.3 is 20.3 Å². The van der Waals surface area contributed by atoms with Crippen molar-refractivity contribution in [2.75, 3.05) is 45.3 Å². The molecule has 1 saturated carbocycles. The van der Waals surface area contributed by atoms with Crippen LogP contribution in [0.15, 0.2) is 10.4 Å². The number of hydrogen-bond acceptors (Lipinski definition) is 5. The van der Waals surface area contributed by atoms with Crippen LogP contribution in [0.3, 0.4) is 0 Å². The molecular formula is C19H35N5OS. The number of ether oxygens (including phenoxy) is 1. The Morgan fingerprint density at radius 3 is 2.69 bits per heavy atom. The van der Waals surface area contributed by atoms with E-state index in [0.717, 1.165) is 49.5 Å². The number of nitrogens with zero attached hydrogens (tertiary/aromatic N) is 3. The largest absolute Gasteiger partial charge is 0.382 e. The Labute approximate surface area is 162 Å². The van der Waals surface area contributed by atoms with Crippen LogP contribution in [-0.2, 0) is 11.3 Å². The fraction of sp³-hybridized carbons (Fsp3) is 0.789. The van der Waals surface area contributed by atoms with Crippen molar-refractivity contribution in [3.63, 3.8) is 0 Å². The van der Waals surface area contributed by atoms with Crippen molar-refractivity contribution < 1.29 is 4.74 Å². The van der Waals surface area contributed by atoms with E-state index in [-0.39, 0.29) is 0 Å². The first-order valence-corrected chi connectivity index (χ1v) is 10.7. The number of nitrogens with one attached hydrogen (secondary N) is 2. The number of aliphatic imine (C=N–C) groups is 1. The molecule has 0 spiro atoms. The summed E-state index contributed by atoms with van der Waals surface area (Å²) in [5.41, 5.74) is 1.37. The van der Waals surface area contributed by atoms with Gasteiger partial charge >= 0.3 is 0 Å². The Morgan fingerprint density at radius 1 is 1.31 bits per heavy atom. The minimum absolute atomic E-state index is 0.351. The third-order valence-electron chi connectivity index (χ3n) is 4.94. The van der Waals surface area contributed by atoms with Crippen molar-refractivity contribution >= 4 is 22.4 Å². The fourth-order valence-corrected chi connectivity index (χ4v) is 4.17. The van der Waals surface area contributed by atoms with E-state index >= 15 is 0 Å². The Balaban J connectivity index is 1.92. The second kappa shape index (κ2) is 10.7. The van der Waals surface area contributed by atoms with Gasteiger partial charge in [-0.15, -0.1) is 11.3 Å². The molecular weight excluding hydrogens is 346 g/mol. The molecule has 1 aromatic rings. The molecule has 2 N–H and O–H groups in total. The SMILES string of the molecule is CCNC(=NCc1csc(N(C)C)n1)NCC1(CCOCC)CCCC1. The summed E-state index contributed by atoms with van der Waals surface area (Å²) in [6.45, 7) is 8.25. The number of anilines is 1. The molecule has 7 heteroatoms. The number of rotatable bonds is 10. The first-order chi connectivity index (χ1) is 12.6. The van der Waals surface area contributed by atoms with Crippen LogP contribution in [0.1, 0.15) is 51.6 Å². The highest BCUT2D eigenvalue weighted by molar-refractivity contribution is 7.13. The molecule has 2 rings (SSSR count). The maximum Gasteiger partial charge on any atom is 0.191 e. The average molecular weight is 382 g/mol. The predicted molar refractivity (Wildman–Crippen MR) is 111 cm³/mol. The molecule has 0 radical (unpaired) electrons. The lowest BCUT2D eigenvalue weighted by Gasteiger charge is -2.30. The molecule has 1 aliphatic rings. The van der Waals surface area contributed by atoms with Crippen molar-refractivity contribution in [1.29, 1.82) is 0 Å². The second-order valence-electron chi connectivity index (χ2n) is 7.22. The number of guanidine groups is 1.